The smallest absolute Gasteiger partial charge is 0.241 e. The van der Waals surface area contributed by atoms with E-state index in [2.05, 4.69) is 33.0 Å². The molecule has 4 heteroatoms. The maximum Gasteiger partial charge on any atom is 0.241 e. The molecule has 1 rings (SSSR count). The summed E-state index contributed by atoms with van der Waals surface area (Å²) in [6, 6.07) is 0.0292. The largest absolute Gasteiger partial charge is 0.381 e. The lowest BCUT2D eigenvalue weighted by atomic mass is 10.2. The van der Waals surface area contributed by atoms with Gasteiger partial charge in [0.25, 0.3) is 0 Å². The summed E-state index contributed by atoms with van der Waals surface area (Å²) in [4.78, 5) is 14.0. The van der Waals surface area contributed by atoms with Gasteiger partial charge in [0.1, 0.15) is 0 Å². The lowest BCUT2D eigenvalue weighted by Crippen LogP contribution is -2.35. The van der Waals surface area contributed by atoms with Crippen molar-refractivity contribution in [3.8, 4) is 0 Å². The number of hydrogen-bond acceptors (Lipinski definition) is 3. The van der Waals surface area contributed by atoms with Gasteiger partial charge in [-0.1, -0.05) is 27.2 Å². The molecule has 0 aromatic carbocycles. The summed E-state index contributed by atoms with van der Waals surface area (Å²) in [7, 11) is 0. The van der Waals surface area contributed by atoms with E-state index >= 15 is 0 Å². The van der Waals surface area contributed by atoms with Gasteiger partial charge in [-0.25, -0.2) is 0 Å². The van der Waals surface area contributed by atoms with Gasteiger partial charge in [0.15, 0.2) is 0 Å². The number of ether oxygens (including phenoxy) is 1. The second kappa shape index (κ2) is 7.74. The SMILES string of the molecule is CCCC1NC(C)N(CCCOCC(C)C)C1=O. The van der Waals surface area contributed by atoms with E-state index in [0.29, 0.717) is 5.92 Å². The number of amides is 1. The first-order valence-corrected chi connectivity index (χ1v) is 7.20. The molecule has 1 aliphatic heterocycles. The molecule has 0 radical (unpaired) electrons. The Morgan fingerprint density at radius 1 is 1.44 bits per heavy atom. The zero-order valence-electron chi connectivity index (χ0n) is 12.2. The average Bonchev–Trinajstić information content (AvgIpc) is 2.56. The molecule has 106 valence electrons. The number of nitrogens with zero attached hydrogens (tertiary/aromatic N) is 1. The molecule has 18 heavy (non-hydrogen) atoms. The molecule has 1 amide bonds. The molecule has 1 heterocycles. The summed E-state index contributed by atoms with van der Waals surface area (Å²) in [5, 5.41) is 3.35. The zero-order chi connectivity index (χ0) is 13.5. The fourth-order valence-corrected chi connectivity index (χ4v) is 2.30. The molecule has 2 unspecified atom stereocenters. The van der Waals surface area contributed by atoms with Crippen LogP contribution < -0.4 is 5.32 Å². The van der Waals surface area contributed by atoms with Crippen LogP contribution >= 0.6 is 0 Å². The molecule has 0 aliphatic carbocycles. The van der Waals surface area contributed by atoms with Gasteiger partial charge in [0.05, 0.1) is 12.2 Å². The number of hydrogen-bond donors (Lipinski definition) is 1. The van der Waals surface area contributed by atoms with E-state index < -0.39 is 0 Å². The van der Waals surface area contributed by atoms with Gasteiger partial charge in [-0.15, -0.1) is 0 Å². The summed E-state index contributed by atoms with van der Waals surface area (Å²) in [6.07, 6.45) is 3.06. The van der Waals surface area contributed by atoms with Crippen molar-refractivity contribution in [3.05, 3.63) is 0 Å². The number of carbonyl (C=O) groups is 1. The molecule has 0 aromatic heterocycles. The van der Waals surface area contributed by atoms with Crippen molar-refractivity contribution in [1.82, 2.24) is 10.2 Å². The van der Waals surface area contributed by atoms with Crippen molar-refractivity contribution >= 4 is 5.91 Å². The van der Waals surface area contributed by atoms with Crippen LogP contribution in [0.25, 0.3) is 0 Å². The molecule has 1 aliphatic rings. The second-order valence-electron chi connectivity index (χ2n) is 5.54. The summed E-state index contributed by atoms with van der Waals surface area (Å²) in [5.41, 5.74) is 0. The highest BCUT2D eigenvalue weighted by Gasteiger charge is 2.34. The molecule has 1 fully saturated rings. The van der Waals surface area contributed by atoms with Gasteiger partial charge in [-0.3, -0.25) is 10.1 Å². The molecule has 2 atom stereocenters. The van der Waals surface area contributed by atoms with Crippen molar-refractivity contribution in [2.75, 3.05) is 19.8 Å². The maximum atomic E-state index is 12.1. The van der Waals surface area contributed by atoms with Crippen LogP contribution in [0, 0.1) is 5.92 Å². The first-order chi connectivity index (χ1) is 8.56. The first kappa shape index (κ1) is 15.4. The highest BCUT2D eigenvalue weighted by atomic mass is 16.5. The van der Waals surface area contributed by atoms with E-state index in [-0.39, 0.29) is 18.1 Å². The second-order valence-corrected chi connectivity index (χ2v) is 5.54. The van der Waals surface area contributed by atoms with E-state index in [1.807, 2.05) is 4.90 Å². The zero-order valence-corrected chi connectivity index (χ0v) is 12.2. The van der Waals surface area contributed by atoms with E-state index in [4.69, 9.17) is 4.74 Å². The van der Waals surface area contributed by atoms with Gasteiger partial charge in [0.2, 0.25) is 5.91 Å². The first-order valence-electron chi connectivity index (χ1n) is 7.20. The fraction of sp³-hybridized carbons (Fsp3) is 0.929. The van der Waals surface area contributed by atoms with Gasteiger partial charge in [-0.05, 0) is 25.7 Å². The highest BCUT2D eigenvalue weighted by molar-refractivity contribution is 5.84. The summed E-state index contributed by atoms with van der Waals surface area (Å²) >= 11 is 0. The van der Waals surface area contributed by atoms with Crippen molar-refractivity contribution in [3.63, 3.8) is 0 Å². The summed E-state index contributed by atoms with van der Waals surface area (Å²) < 4.78 is 5.54. The van der Waals surface area contributed by atoms with E-state index in [9.17, 15) is 4.79 Å². The Morgan fingerprint density at radius 3 is 2.78 bits per heavy atom. The van der Waals surface area contributed by atoms with Crippen LogP contribution in [0.5, 0.6) is 0 Å². The topological polar surface area (TPSA) is 41.6 Å². The number of carbonyl (C=O) groups excluding carboxylic acids is 1. The normalized spacial score (nSPS) is 24.3. The molecule has 0 saturated carbocycles. The van der Waals surface area contributed by atoms with Crippen LogP contribution in [-0.4, -0.2) is 42.8 Å². The highest BCUT2D eigenvalue weighted by Crippen LogP contribution is 2.14. The van der Waals surface area contributed by atoms with Crippen molar-refractivity contribution in [2.45, 2.75) is 59.2 Å². The predicted octanol–water partition coefficient (Wildman–Crippen LogP) is 2.00. The van der Waals surface area contributed by atoms with Gasteiger partial charge in [-0.2, -0.15) is 0 Å². The summed E-state index contributed by atoms with van der Waals surface area (Å²) in [5.74, 6) is 0.834. The van der Waals surface area contributed by atoms with Crippen LogP contribution in [-0.2, 0) is 9.53 Å². The average molecular weight is 256 g/mol. The minimum absolute atomic E-state index is 0.0292. The van der Waals surface area contributed by atoms with Gasteiger partial charge in [0, 0.05) is 19.8 Å². The molecule has 1 N–H and O–H groups in total. The van der Waals surface area contributed by atoms with E-state index in [1.165, 1.54) is 0 Å². The Hall–Kier alpha value is -0.610. The molecular weight excluding hydrogens is 228 g/mol. The molecule has 4 nitrogen and oxygen atoms in total. The third-order valence-electron chi connectivity index (χ3n) is 3.21. The van der Waals surface area contributed by atoms with Crippen LogP contribution in [0.2, 0.25) is 0 Å². The van der Waals surface area contributed by atoms with Crippen molar-refractivity contribution in [2.24, 2.45) is 5.92 Å². The lowest BCUT2D eigenvalue weighted by Gasteiger charge is -2.20. The Labute approximate surface area is 111 Å². The molecule has 0 spiro atoms. The third kappa shape index (κ3) is 4.58. The predicted molar refractivity (Wildman–Crippen MR) is 73.3 cm³/mol. The van der Waals surface area contributed by atoms with Gasteiger partial charge < -0.3 is 9.64 Å². The van der Waals surface area contributed by atoms with E-state index in [0.717, 1.165) is 39.0 Å². The third-order valence-corrected chi connectivity index (χ3v) is 3.21. The molecule has 0 aromatic rings. The van der Waals surface area contributed by atoms with Gasteiger partial charge >= 0.3 is 0 Å². The fourth-order valence-electron chi connectivity index (χ4n) is 2.30. The minimum atomic E-state index is 0.0292. The van der Waals surface area contributed by atoms with Crippen LogP contribution in [0.3, 0.4) is 0 Å². The molecule has 0 bridgehead atoms. The van der Waals surface area contributed by atoms with Crippen molar-refractivity contribution in [1.29, 1.82) is 0 Å². The Morgan fingerprint density at radius 2 is 2.17 bits per heavy atom. The van der Waals surface area contributed by atoms with Crippen LogP contribution in [0.15, 0.2) is 0 Å². The minimum Gasteiger partial charge on any atom is -0.381 e. The lowest BCUT2D eigenvalue weighted by molar-refractivity contribution is -0.130. The Kier molecular flexibility index (Phi) is 6.65. The van der Waals surface area contributed by atoms with Crippen molar-refractivity contribution < 1.29 is 9.53 Å². The Bertz CT molecular complexity index is 256. The Balaban J connectivity index is 2.23. The maximum absolute atomic E-state index is 12.1. The molecular formula is C14H28N2O2. The number of rotatable bonds is 8. The monoisotopic (exact) mass is 256 g/mol. The van der Waals surface area contributed by atoms with Crippen LogP contribution in [0.4, 0.5) is 0 Å². The standard InChI is InChI=1S/C14H28N2O2/c1-5-7-13-14(17)16(12(4)15-13)8-6-9-18-10-11(2)3/h11-13,15H,5-10H2,1-4H3. The van der Waals surface area contributed by atoms with Crippen LogP contribution in [0.1, 0.15) is 47.0 Å². The van der Waals surface area contributed by atoms with E-state index in [1.54, 1.807) is 0 Å². The quantitative estimate of drug-likeness (QED) is 0.675. The molecule has 1 saturated heterocycles. The number of nitrogens with one attached hydrogen (secondary N) is 1. The summed E-state index contributed by atoms with van der Waals surface area (Å²) in [6.45, 7) is 10.8.